The summed E-state index contributed by atoms with van der Waals surface area (Å²) in [6.07, 6.45) is 1.97. The average molecular weight is 326 g/mol. The Labute approximate surface area is 119 Å². The fourth-order valence-corrected chi connectivity index (χ4v) is 2.25. The molecule has 0 radical (unpaired) electrons. The Bertz CT molecular complexity index is 602. The average Bonchev–Trinajstić information content (AvgIpc) is 2.90. The number of likely N-dealkylation sites (N-methyl/N-ethyl adjacent to an activating group) is 1. The van der Waals surface area contributed by atoms with Crippen molar-refractivity contribution < 1.29 is 25.8 Å². The van der Waals surface area contributed by atoms with Crippen molar-refractivity contribution in [2.24, 2.45) is 0 Å². The van der Waals surface area contributed by atoms with Gasteiger partial charge in [0.25, 0.3) is 0 Å². The van der Waals surface area contributed by atoms with E-state index in [9.17, 15) is 21.6 Å². The second-order valence-electron chi connectivity index (χ2n) is 4.44. The summed E-state index contributed by atoms with van der Waals surface area (Å²) in [5.41, 5.74) is -5.50. The predicted molar refractivity (Wildman–Crippen MR) is 67.3 cm³/mol. The van der Waals surface area contributed by atoms with Crippen molar-refractivity contribution in [1.82, 2.24) is 15.3 Å². The van der Waals surface area contributed by atoms with Crippen molar-refractivity contribution in [2.45, 2.75) is 18.0 Å². The monoisotopic (exact) mass is 326 g/mol. The second-order valence-corrected chi connectivity index (χ2v) is 5.97. The van der Waals surface area contributed by atoms with Crippen LogP contribution in [-0.4, -0.2) is 50.1 Å². The minimum atomic E-state index is -5.73. The Balaban J connectivity index is 2.18. The number of nitrogens with zero attached hydrogens (tertiary/aromatic N) is 3. The van der Waals surface area contributed by atoms with Crippen LogP contribution in [0.5, 0.6) is 5.88 Å². The second kappa shape index (κ2) is 5.64. The highest BCUT2D eigenvalue weighted by Crippen LogP contribution is 2.26. The van der Waals surface area contributed by atoms with Gasteiger partial charge in [0.05, 0.1) is 0 Å². The van der Waals surface area contributed by atoms with Crippen LogP contribution < -0.4 is 14.4 Å². The van der Waals surface area contributed by atoms with Gasteiger partial charge in [-0.2, -0.15) is 26.6 Å². The number of alkyl halides is 3. The molecule has 1 fully saturated rings. The molecule has 11 heteroatoms. The SMILES string of the molecule is CN(c1nccc(OS(=O)(=O)C(F)(F)F)n1)C1CCNC1. The number of halogens is 3. The molecule has 0 aliphatic carbocycles. The fraction of sp³-hybridized carbons (Fsp3) is 0.600. The third-order valence-electron chi connectivity index (χ3n) is 2.99. The molecule has 0 amide bonds. The van der Waals surface area contributed by atoms with Gasteiger partial charge in [-0.1, -0.05) is 0 Å². The van der Waals surface area contributed by atoms with Crippen LogP contribution in [0, 0.1) is 0 Å². The van der Waals surface area contributed by atoms with E-state index in [1.807, 2.05) is 0 Å². The maximum Gasteiger partial charge on any atom is 0.534 e. The van der Waals surface area contributed by atoms with Crippen molar-refractivity contribution in [3.05, 3.63) is 12.3 Å². The van der Waals surface area contributed by atoms with Crippen molar-refractivity contribution in [3.8, 4) is 5.88 Å². The first kappa shape index (κ1) is 15.8. The van der Waals surface area contributed by atoms with Gasteiger partial charge in [0, 0.05) is 31.9 Å². The highest BCUT2D eigenvalue weighted by molar-refractivity contribution is 7.87. The van der Waals surface area contributed by atoms with E-state index in [-0.39, 0.29) is 12.0 Å². The highest BCUT2D eigenvalue weighted by atomic mass is 32.2. The summed E-state index contributed by atoms with van der Waals surface area (Å²) in [5.74, 6) is -0.575. The predicted octanol–water partition coefficient (Wildman–Crippen LogP) is 0.503. The fourth-order valence-electron chi connectivity index (χ4n) is 1.84. The Morgan fingerprint density at radius 2 is 2.19 bits per heavy atom. The normalized spacial score (nSPS) is 19.5. The van der Waals surface area contributed by atoms with Gasteiger partial charge in [-0.25, -0.2) is 4.98 Å². The zero-order chi connectivity index (χ0) is 15.7. The Hall–Kier alpha value is -1.62. The summed E-state index contributed by atoms with van der Waals surface area (Å²) in [7, 11) is -4.06. The molecule has 1 aromatic heterocycles. The first-order valence-electron chi connectivity index (χ1n) is 5.98. The number of rotatable bonds is 4. The molecule has 1 saturated heterocycles. The molecule has 1 aliphatic heterocycles. The van der Waals surface area contributed by atoms with Crippen LogP contribution in [0.4, 0.5) is 19.1 Å². The van der Waals surface area contributed by atoms with Crippen LogP contribution in [0.2, 0.25) is 0 Å². The standard InChI is InChI=1S/C10H13F3N4O3S/c1-17(7-2-4-14-6-7)9-15-5-3-8(16-9)20-21(18,19)10(11,12)13/h3,5,7,14H,2,4,6H2,1H3. The van der Waals surface area contributed by atoms with E-state index in [0.29, 0.717) is 6.54 Å². The molecule has 1 N–H and O–H groups in total. The lowest BCUT2D eigenvalue weighted by Gasteiger charge is -2.23. The van der Waals surface area contributed by atoms with Crippen molar-refractivity contribution in [3.63, 3.8) is 0 Å². The lowest BCUT2D eigenvalue weighted by Crippen LogP contribution is -2.34. The van der Waals surface area contributed by atoms with Gasteiger partial charge in [-0.05, 0) is 13.0 Å². The van der Waals surface area contributed by atoms with E-state index in [2.05, 4.69) is 19.5 Å². The van der Waals surface area contributed by atoms with Crippen molar-refractivity contribution in [2.75, 3.05) is 25.0 Å². The van der Waals surface area contributed by atoms with E-state index in [1.54, 1.807) is 11.9 Å². The Morgan fingerprint density at radius 3 is 2.76 bits per heavy atom. The molecule has 21 heavy (non-hydrogen) atoms. The topological polar surface area (TPSA) is 84.4 Å². The molecular weight excluding hydrogens is 313 g/mol. The van der Waals surface area contributed by atoms with E-state index < -0.39 is 21.5 Å². The van der Waals surface area contributed by atoms with Gasteiger partial charge in [-0.3, -0.25) is 0 Å². The third kappa shape index (κ3) is 3.53. The van der Waals surface area contributed by atoms with Crippen LogP contribution in [-0.2, 0) is 10.1 Å². The van der Waals surface area contributed by atoms with E-state index >= 15 is 0 Å². The Morgan fingerprint density at radius 1 is 1.48 bits per heavy atom. The van der Waals surface area contributed by atoms with Gasteiger partial charge < -0.3 is 14.4 Å². The van der Waals surface area contributed by atoms with Gasteiger partial charge in [0.2, 0.25) is 11.8 Å². The quantitative estimate of drug-likeness (QED) is 0.637. The Kier molecular flexibility index (Phi) is 4.23. The lowest BCUT2D eigenvalue weighted by molar-refractivity contribution is -0.0501. The zero-order valence-corrected chi connectivity index (χ0v) is 11.8. The lowest BCUT2D eigenvalue weighted by atomic mass is 10.2. The number of aromatic nitrogens is 2. The van der Waals surface area contributed by atoms with E-state index in [0.717, 1.165) is 25.2 Å². The minimum absolute atomic E-state index is 0.0828. The highest BCUT2D eigenvalue weighted by Gasteiger charge is 2.48. The van der Waals surface area contributed by atoms with Crippen LogP contribution in [0.15, 0.2) is 12.3 Å². The van der Waals surface area contributed by atoms with Crippen LogP contribution in [0.3, 0.4) is 0 Å². The molecule has 2 heterocycles. The molecule has 0 bridgehead atoms. The van der Waals surface area contributed by atoms with Crippen molar-refractivity contribution in [1.29, 1.82) is 0 Å². The molecule has 7 nitrogen and oxygen atoms in total. The molecule has 0 saturated carbocycles. The molecule has 2 rings (SSSR count). The van der Waals surface area contributed by atoms with Crippen LogP contribution >= 0.6 is 0 Å². The largest absolute Gasteiger partial charge is 0.534 e. The van der Waals surface area contributed by atoms with Crippen molar-refractivity contribution >= 4 is 16.1 Å². The molecule has 1 aromatic rings. The molecule has 118 valence electrons. The zero-order valence-electron chi connectivity index (χ0n) is 11.0. The molecule has 1 unspecified atom stereocenters. The van der Waals surface area contributed by atoms with Gasteiger partial charge in [0.1, 0.15) is 0 Å². The molecular formula is C10H13F3N4O3S. The van der Waals surface area contributed by atoms with E-state index in [1.165, 1.54) is 0 Å². The number of anilines is 1. The first-order chi connectivity index (χ1) is 9.71. The molecule has 0 aromatic carbocycles. The summed E-state index contributed by atoms with van der Waals surface area (Å²) >= 11 is 0. The van der Waals surface area contributed by atoms with Gasteiger partial charge in [0.15, 0.2) is 0 Å². The van der Waals surface area contributed by atoms with Gasteiger partial charge >= 0.3 is 15.6 Å². The minimum Gasteiger partial charge on any atom is -0.355 e. The summed E-state index contributed by atoms with van der Waals surface area (Å²) in [6, 6.07) is 1.03. The number of hydrogen-bond acceptors (Lipinski definition) is 7. The molecule has 1 atom stereocenters. The van der Waals surface area contributed by atoms with E-state index in [4.69, 9.17) is 0 Å². The first-order valence-corrected chi connectivity index (χ1v) is 7.39. The maximum atomic E-state index is 12.2. The summed E-state index contributed by atoms with van der Waals surface area (Å²) < 4.78 is 62.6. The molecule has 1 aliphatic rings. The van der Waals surface area contributed by atoms with Crippen LogP contribution in [0.1, 0.15) is 6.42 Å². The smallest absolute Gasteiger partial charge is 0.355 e. The molecule has 0 spiro atoms. The number of hydrogen-bond donors (Lipinski definition) is 1. The maximum absolute atomic E-state index is 12.2. The van der Waals surface area contributed by atoms with Crippen LogP contribution in [0.25, 0.3) is 0 Å². The third-order valence-corrected chi connectivity index (χ3v) is 3.95. The van der Waals surface area contributed by atoms with Gasteiger partial charge in [-0.15, -0.1) is 0 Å². The summed E-state index contributed by atoms with van der Waals surface area (Å²) in [6.45, 7) is 1.50. The summed E-state index contributed by atoms with van der Waals surface area (Å²) in [5, 5.41) is 3.12. The number of nitrogens with one attached hydrogen (secondary N) is 1. The summed E-state index contributed by atoms with van der Waals surface area (Å²) in [4.78, 5) is 9.27.